The third-order valence-electron chi connectivity index (χ3n) is 2.99. The molecule has 0 atom stereocenters. The van der Waals surface area contributed by atoms with Crippen molar-refractivity contribution >= 4 is 8.24 Å². The van der Waals surface area contributed by atoms with Crippen molar-refractivity contribution in [3.8, 4) is 0 Å². The minimum absolute atomic E-state index is 0.517. The van der Waals surface area contributed by atoms with E-state index >= 15 is 0 Å². The molecule has 0 amide bonds. The van der Waals surface area contributed by atoms with Gasteiger partial charge in [-0.05, 0) is 27.1 Å². The van der Waals surface area contributed by atoms with Gasteiger partial charge in [0.15, 0.2) is 8.24 Å². The third-order valence-corrected chi connectivity index (χ3v) is 8.98. The fourth-order valence-electron chi connectivity index (χ4n) is 2.42. The molecule has 0 saturated carbocycles. The summed E-state index contributed by atoms with van der Waals surface area (Å²) in [6.07, 6.45) is 0. The molecule has 13 heavy (non-hydrogen) atoms. The van der Waals surface area contributed by atoms with Gasteiger partial charge in [-0.1, -0.05) is 41.5 Å². The van der Waals surface area contributed by atoms with Crippen molar-refractivity contribution in [1.29, 1.82) is 0 Å². The lowest BCUT2D eigenvalue weighted by Crippen LogP contribution is -2.42. The zero-order valence-corrected chi connectivity index (χ0v) is 10.6. The quantitative estimate of drug-likeness (QED) is 0.277. The van der Waals surface area contributed by atoms with Crippen LogP contribution in [0.1, 0.15) is 41.5 Å². The van der Waals surface area contributed by atoms with Crippen LogP contribution in [0.3, 0.4) is 0 Å². The Bertz CT molecular complexity index is 183. The lowest BCUT2D eigenvalue weighted by atomic mass is 10.5. The van der Waals surface area contributed by atoms with E-state index in [9.17, 15) is 0 Å². The third kappa shape index (κ3) is 2.26. The van der Waals surface area contributed by atoms with Crippen LogP contribution in [0.4, 0.5) is 0 Å². The maximum absolute atomic E-state index is 8.64. The van der Waals surface area contributed by atoms with Crippen molar-refractivity contribution < 1.29 is 0 Å². The van der Waals surface area contributed by atoms with E-state index in [0.29, 0.717) is 16.6 Å². The normalized spacial score (nSPS) is 12.4. The summed E-state index contributed by atoms with van der Waals surface area (Å²) < 4.78 is 4.17. The van der Waals surface area contributed by atoms with Gasteiger partial charge >= 0.3 is 0 Å². The highest BCUT2D eigenvalue weighted by molar-refractivity contribution is 6.81. The Morgan fingerprint density at radius 1 is 0.923 bits per heavy atom. The molecule has 0 aromatic rings. The molecule has 0 fully saturated rings. The standard InChI is InChI=1S/C9H21N3Si/c1-7(2)13(8(3)4,9(5)6)12-11-10/h7-9H,1-6H3. The van der Waals surface area contributed by atoms with Gasteiger partial charge in [-0.3, -0.25) is 0 Å². The van der Waals surface area contributed by atoms with E-state index in [1.54, 1.807) is 0 Å². The summed E-state index contributed by atoms with van der Waals surface area (Å²) in [6.45, 7) is 13.1. The lowest BCUT2D eigenvalue weighted by Gasteiger charge is -2.38. The molecule has 0 aliphatic rings. The van der Waals surface area contributed by atoms with Crippen LogP contribution in [-0.4, -0.2) is 8.24 Å². The summed E-state index contributed by atoms with van der Waals surface area (Å²) in [7, 11) is -1.82. The number of rotatable bonds is 4. The van der Waals surface area contributed by atoms with Crippen molar-refractivity contribution in [3.05, 3.63) is 10.4 Å². The average molecular weight is 199 g/mol. The van der Waals surface area contributed by atoms with Crippen LogP contribution in [0.2, 0.25) is 16.6 Å². The first-order chi connectivity index (χ1) is 5.89. The highest BCUT2D eigenvalue weighted by atomic mass is 28.3. The lowest BCUT2D eigenvalue weighted by molar-refractivity contribution is 0.808. The first kappa shape index (κ1) is 12.5. The largest absolute Gasteiger partial charge is 0.163 e. The summed E-state index contributed by atoms with van der Waals surface area (Å²) in [6, 6.07) is 0. The van der Waals surface area contributed by atoms with Gasteiger partial charge in [0, 0.05) is 0 Å². The van der Waals surface area contributed by atoms with Crippen LogP contribution in [0.5, 0.6) is 0 Å². The van der Waals surface area contributed by atoms with Crippen LogP contribution in [0.25, 0.3) is 10.4 Å². The summed E-state index contributed by atoms with van der Waals surface area (Å²) in [4.78, 5) is 3.06. The van der Waals surface area contributed by atoms with Crippen LogP contribution < -0.4 is 0 Å². The van der Waals surface area contributed by atoms with Crippen LogP contribution in [-0.2, 0) is 0 Å². The second-order valence-corrected chi connectivity index (χ2v) is 9.98. The molecule has 0 rings (SSSR count). The van der Waals surface area contributed by atoms with Gasteiger partial charge in [0.25, 0.3) is 0 Å². The second-order valence-electron chi connectivity index (χ2n) is 4.54. The molecule has 0 aliphatic heterocycles. The van der Waals surface area contributed by atoms with Crippen LogP contribution >= 0.6 is 0 Å². The first-order valence-electron chi connectivity index (χ1n) is 4.95. The molecule has 0 aromatic carbocycles. The molecule has 0 bridgehead atoms. The predicted molar refractivity (Wildman–Crippen MR) is 60.2 cm³/mol. The Morgan fingerprint density at radius 2 is 1.23 bits per heavy atom. The molecule has 0 N–H and O–H groups in total. The topological polar surface area (TPSA) is 48.8 Å². The van der Waals surface area contributed by atoms with E-state index in [2.05, 4.69) is 51.2 Å². The second kappa shape index (κ2) is 4.68. The van der Waals surface area contributed by atoms with Gasteiger partial charge in [0.1, 0.15) is 0 Å². The Kier molecular flexibility index (Phi) is 4.51. The summed E-state index contributed by atoms with van der Waals surface area (Å²) >= 11 is 0. The maximum atomic E-state index is 8.64. The van der Waals surface area contributed by atoms with Crippen molar-refractivity contribution in [2.24, 2.45) is 4.78 Å². The van der Waals surface area contributed by atoms with Gasteiger partial charge in [-0.25, -0.2) is 0 Å². The van der Waals surface area contributed by atoms with E-state index in [0.717, 1.165) is 0 Å². The fourth-order valence-corrected chi connectivity index (χ4v) is 7.27. The highest BCUT2D eigenvalue weighted by Gasteiger charge is 2.42. The van der Waals surface area contributed by atoms with Crippen molar-refractivity contribution in [3.63, 3.8) is 0 Å². The number of azide groups is 1. The number of hydrogen-bond acceptors (Lipinski definition) is 1. The smallest absolute Gasteiger partial charge is 0.123 e. The SMILES string of the molecule is CC(C)[Si](N=[N+]=[N-])(C(C)C)C(C)C. The van der Waals surface area contributed by atoms with Crippen molar-refractivity contribution in [1.82, 2.24) is 0 Å². The summed E-state index contributed by atoms with van der Waals surface area (Å²) in [5.74, 6) is 0. The molecule has 0 aliphatic carbocycles. The molecule has 0 radical (unpaired) electrons. The fraction of sp³-hybridized carbons (Fsp3) is 1.00. The summed E-state index contributed by atoms with van der Waals surface area (Å²) in [5.41, 5.74) is 10.2. The summed E-state index contributed by atoms with van der Waals surface area (Å²) in [5, 5.41) is 0. The maximum Gasteiger partial charge on any atom is 0.163 e. The van der Waals surface area contributed by atoms with Gasteiger partial charge in [0.2, 0.25) is 0 Å². The van der Waals surface area contributed by atoms with Gasteiger partial charge < -0.3 is 0 Å². The van der Waals surface area contributed by atoms with Crippen LogP contribution in [0.15, 0.2) is 4.78 Å². The Balaban J connectivity index is 5.17. The molecular weight excluding hydrogens is 178 g/mol. The minimum atomic E-state index is -1.82. The number of nitrogens with zero attached hydrogens (tertiary/aromatic N) is 3. The molecule has 4 heteroatoms. The monoisotopic (exact) mass is 199 g/mol. The van der Waals surface area contributed by atoms with Gasteiger partial charge in [-0.15, -0.1) is 4.78 Å². The van der Waals surface area contributed by atoms with E-state index in [1.165, 1.54) is 0 Å². The van der Waals surface area contributed by atoms with E-state index in [4.69, 9.17) is 5.53 Å². The Morgan fingerprint density at radius 3 is 1.31 bits per heavy atom. The molecule has 0 aromatic heterocycles. The molecule has 0 saturated heterocycles. The van der Waals surface area contributed by atoms with Crippen LogP contribution in [0, 0.1) is 0 Å². The van der Waals surface area contributed by atoms with Gasteiger partial charge in [-0.2, -0.15) is 0 Å². The van der Waals surface area contributed by atoms with E-state index < -0.39 is 8.24 Å². The molecule has 0 spiro atoms. The average Bonchev–Trinajstić information content (AvgIpc) is 1.97. The minimum Gasteiger partial charge on any atom is -0.123 e. The molecule has 0 heterocycles. The molecule has 76 valence electrons. The zero-order chi connectivity index (χ0) is 10.6. The molecular formula is C9H21N3Si. The van der Waals surface area contributed by atoms with E-state index in [1.807, 2.05) is 0 Å². The Labute approximate surface area is 82.3 Å². The zero-order valence-electron chi connectivity index (χ0n) is 9.57. The van der Waals surface area contributed by atoms with Gasteiger partial charge in [0.05, 0.1) is 0 Å². The Hall–Kier alpha value is -0.473. The van der Waals surface area contributed by atoms with E-state index in [-0.39, 0.29) is 0 Å². The van der Waals surface area contributed by atoms with Crippen molar-refractivity contribution in [2.45, 2.75) is 58.2 Å². The predicted octanol–water partition coefficient (Wildman–Crippen LogP) is 4.47. The first-order valence-corrected chi connectivity index (χ1v) is 7.13. The molecule has 0 unspecified atom stereocenters. The number of hydrogen-bond donors (Lipinski definition) is 0. The molecule has 3 nitrogen and oxygen atoms in total. The van der Waals surface area contributed by atoms with Crippen molar-refractivity contribution in [2.75, 3.05) is 0 Å². The highest BCUT2D eigenvalue weighted by Crippen LogP contribution is 2.42.